The minimum atomic E-state index is -1.04. The van der Waals surface area contributed by atoms with Crippen molar-refractivity contribution in [3.05, 3.63) is 12.7 Å². The molecule has 0 spiro atoms. The van der Waals surface area contributed by atoms with Gasteiger partial charge >= 0.3 is 18.1 Å². The van der Waals surface area contributed by atoms with E-state index in [1.165, 1.54) is 13.0 Å². The Bertz CT molecular complexity index is 769. The second-order valence-electron chi connectivity index (χ2n) is 10.7. The lowest BCUT2D eigenvalue weighted by Crippen LogP contribution is -2.44. The number of ether oxygens (including phenoxy) is 4. The van der Waals surface area contributed by atoms with Gasteiger partial charge in [-0.25, -0.2) is 4.79 Å². The predicted octanol–water partition coefficient (Wildman–Crippen LogP) is 4.25. The average molecular weight is 435 g/mol. The zero-order valence-electron chi connectivity index (χ0n) is 18.9. The maximum Gasteiger partial charge on any atom is 0.511 e. The third-order valence-electron chi connectivity index (χ3n) is 8.32. The van der Waals surface area contributed by atoms with Crippen molar-refractivity contribution in [2.45, 2.75) is 72.2 Å². The molecule has 0 aromatic rings. The van der Waals surface area contributed by atoms with Gasteiger partial charge in [0.05, 0.1) is 11.8 Å². The molecular formula is C24H34O7. The number of rotatable bonds is 7. The summed E-state index contributed by atoms with van der Waals surface area (Å²) >= 11 is 0. The number of hydrogen-bond acceptors (Lipinski definition) is 7. The molecule has 4 aliphatic rings. The lowest BCUT2D eigenvalue weighted by molar-refractivity contribution is -0.177. The van der Waals surface area contributed by atoms with Gasteiger partial charge in [0, 0.05) is 17.8 Å². The zero-order chi connectivity index (χ0) is 22.6. The standard InChI is InChI=1S/C24H34O7/c1-6-11-28-20(26)18-15-7-8-16(17(15)18)19(25)29-13(2)30-22(27)31-21-23(3,4)14-9-10-24(21,5)12-14/h6,13-18,21H,1,7-12H2,2-5H3/t13?,14-,15?,16?,17?,18?,21-,24+/m0/s1. The first-order valence-electron chi connectivity index (χ1n) is 11.4. The van der Waals surface area contributed by atoms with Gasteiger partial charge in [-0.3, -0.25) is 9.59 Å². The second kappa shape index (κ2) is 7.82. The van der Waals surface area contributed by atoms with Crippen LogP contribution in [0.4, 0.5) is 4.79 Å². The van der Waals surface area contributed by atoms with Gasteiger partial charge in [-0.1, -0.05) is 33.4 Å². The lowest BCUT2D eigenvalue weighted by atomic mass is 9.70. The van der Waals surface area contributed by atoms with Crippen molar-refractivity contribution in [1.82, 2.24) is 0 Å². The van der Waals surface area contributed by atoms with Crippen LogP contribution in [0.5, 0.6) is 0 Å². The van der Waals surface area contributed by atoms with E-state index in [0.29, 0.717) is 12.3 Å². The minimum Gasteiger partial charge on any atom is -0.461 e. The van der Waals surface area contributed by atoms with Crippen molar-refractivity contribution >= 4 is 18.1 Å². The van der Waals surface area contributed by atoms with Crippen LogP contribution >= 0.6 is 0 Å². The van der Waals surface area contributed by atoms with Gasteiger partial charge in [-0.15, -0.1) is 0 Å². The van der Waals surface area contributed by atoms with Crippen molar-refractivity contribution < 1.29 is 33.3 Å². The number of hydrogen-bond donors (Lipinski definition) is 0. The van der Waals surface area contributed by atoms with Gasteiger partial charge in [-0.2, -0.15) is 0 Å². The van der Waals surface area contributed by atoms with Crippen LogP contribution in [0.1, 0.15) is 59.8 Å². The molecule has 0 saturated heterocycles. The Kier molecular flexibility index (Phi) is 5.59. The van der Waals surface area contributed by atoms with Crippen LogP contribution in [-0.2, 0) is 28.5 Å². The van der Waals surface area contributed by atoms with Crippen LogP contribution in [0.15, 0.2) is 12.7 Å². The molecule has 172 valence electrons. The summed E-state index contributed by atoms with van der Waals surface area (Å²) in [5.74, 6) is -0.632. The molecular weight excluding hydrogens is 400 g/mol. The zero-order valence-corrected chi connectivity index (χ0v) is 18.9. The Hall–Kier alpha value is -2.05. The first kappa shape index (κ1) is 22.2. The second-order valence-corrected chi connectivity index (χ2v) is 10.7. The van der Waals surface area contributed by atoms with Crippen LogP contribution < -0.4 is 0 Å². The van der Waals surface area contributed by atoms with E-state index in [4.69, 9.17) is 18.9 Å². The highest BCUT2D eigenvalue weighted by molar-refractivity contribution is 5.81. The Labute approximate surface area is 183 Å². The van der Waals surface area contributed by atoms with E-state index in [0.717, 1.165) is 25.7 Å². The van der Waals surface area contributed by atoms with Crippen molar-refractivity contribution in [2.75, 3.05) is 6.61 Å². The largest absolute Gasteiger partial charge is 0.511 e. The molecule has 8 atom stereocenters. The monoisotopic (exact) mass is 434 g/mol. The molecule has 0 N–H and O–H groups in total. The van der Waals surface area contributed by atoms with E-state index in [1.54, 1.807) is 0 Å². The van der Waals surface area contributed by atoms with Gasteiger partial charge in [0.15, 0.2) is 0 Å². The summed E-state index contributed by atoms with van der Waals surface area (Å²) in [5.41, 5.74) is -0.112. The summed E-state index contributed by atoms with van der Waals surface area (Å²) in [5, 5.41) is 0. The van der Waals surface area contributed by atoms with Crippen LogP contribution in [0, 0.1) is 40.4 Å². The van der Waals surface area contributed by atoms with E-state index in [-0.39, 0.29) is 53.2 Å². The van der Waals surface area contributed by atoms with Gasteiger partial charge < -0.3 is 18.9 Å². The molecule has 4 saturated carbocycles. The van der Waals surface area contributed by atoms with Gasteiger partial charge in [0.1, 0.15) is 12.7 Å². The summed E-state index contributed by atoms with van der Waals surface area (Å²) in [6.07, 6.45) is 4.22. The minimum absolute atomic E-state index is 0.0207. The summed E-state index contributed by atoms with van der Waals surface area (Å²) < 4.78 is 21.5. The summed E-state index contributed by atoms with van der Waals surface area (Å²) in [6.45, 7) is 11.7. The van der Waals surface area contributed by atoms with E-state index < -0.39 is 18.4 Å². The summed E-state index contributed by atoms with van der Waals surface area (Å²) in [6, 6.07) is 0. The molecule has 7 heteroatoms. The lowest BCUT2D eigenvalue weighted by Gasteiger charge is -2.41. The molecule has 2 bridgehead atoms. The van der Waals surface area contributed by atoms with E-state index in [1.807, 2.05) is 0 Å². The topological polar surface area (TPSA) is 88.1 Å². The third kappa shape index (κ3) is 3.85. The molecule has 0 heterocycles. The molecule has 31 heavy (non-hydrogen) atoms. The summed E-state index contributed by atoms with van der Waals surface area (Å²) in [4.78, 5) is 37.2. The number of carbonyl (C=O) groups is 3. The highest BCUT2D eigenvalue weighted by Gasteiger charge is 2.64. The van der Waals surface area contributed by atoms with Crippen LogP contribution in [0.25, 0.3) is 0 Å². The van der Waals surface area contributed by atoms with Gasteiger partial charge in [0.2, 0.25) is 6.29 Å². The number of esters is 2. The Morgan fingerprint density at radius 1 is 1.10 bits per heavy atom. The highest BCUT2D eigenvalue weighted by Crippen LogP contribution is 2.63. The fourth-order valence-corrected chi connectivity index (χ4v) is 6.81. The van der Waals surface area contributed by atoms with E-state index >= 15 is 0 Å². The number of fused-ring (bicyclic) bond motifs is 3. The molecule has 0 aromatic carbocycles. The number of carbonyl (C=O) groups excluding carboxylic acids is 3. The fourth-order valence-electron chi connectivity index (χ4n) is 6.81. The molecule has 4 rings (SSSR count). The highest BCUT2D eigenvalue weighted by atomic mass is 16.8. The molecule has 4 aliphatic carbocycles. The molecule has 0 aromatic heterocycles. The van der Waals surface area contributed by atoms with E-state index in [2.05, 4.69) is 27.4 Å². The molecule has 7 nitrogen and oxygen atoms in total. The van der Waals surface area contributed by atoms with Crippen LogP contribution in [-0.4, -0.2) is 37.1 Å². The maximum absolute atomic E-state index is 12.6. The first-order valence-corrected chi connectivity index (χ1v) is 11.4. The van der Waals surface area contributed by atoms with Gasteiger partial charge in [0.25, 0.3) is 0 Å². The Morgan fingerprint density at radius 2 is 1.84 bits per heavy atom. The van der Waals surface area contributed by atoms with Crippen molar-refractivity contribution in [2.24, 2.45) is 40.4 Å². The molecule has 0 aliphatic heterocycles. The molecule has 0 radical (unpaired) electrons. The normalized spacial score (nSPS) is 39.9. The molecule has 4 fully saturated rings. The van der Waals surface area contributed by atoms with Crippen LogP contribution in [0.3, 0.4) is 0 Å². The maximum atomic E-state index is 12.6. The predicted molar refractivity (Wildman–Crippen MR) is 110 cm³/mol. The Balaban J connectivity index is 1.26. The molecule has 0 amide bonds. The quantitative estimate of drug-likeness (QED) is 0.256. The van der Waals surface area contributed by atoms with E-state index in [9.17, 15) is 14.4 Å². The fraction of sp³-hybridized carbons (Fsp3) is 0.792. The van der Waals surface area contributed by atoms with Crippen LogP contribution in [0.2, 0.25) is 0 Å². The first-order chi connectivity index (χ1) is 14.6. The van der Waals surface area contributed by atoms with Crippen molar-refractivity contribution in [3.63, 3.8) is 0 Å². The Morgan fingerprint density at radius 3 is 2.48 bits per heavy atom. The summed E-state index contributed by atoms with van der Waals surface area (Å²) in [7, 11) is 0. The van der Waals surface area contributed by atoms with Crippen molar-refractivity contribution in [1.29, 1.82) is 0 Å². The smallest absolute Gasteiger partial charge is 0.461 e. The molecule has 5 unspecified atom stereocenters. The van der Waals surface area contributed by atoms with Gasteiger partial charge in [-0.05, 0) is 49.9 Å². The third-order valence-corrected chi connectivity index (χ3v) is 8.32. The average Bonchev–Trinajstić information content (AvgIpc) is 2.97. The SMILES string of the molecule is C=CCOC(=O)C1C2CCC(C(=O)OC(C)OC(=O)O[C@H]3C(C)(C)[C@H]4CC[C@]3(C)C4)C21. The van der Waals surface area contributed by atoms with Crippen molar-refractivity contribution in [3.8, 4) is 0 Å².